The number of ketones is 1. The van der Waals surface area contributed by atoms with Crippen molar-refractivity contribution in [3.63, 3.8) is 0 Å². The van der Waals surface area contributed by atoms with Crippen LogP contribution in [-0.2, 0) is 20.6 Å². The summed E-state index contributed by atoms with van der Waals surface area (Å²) in [5, 5.41) is 13.1. The quantitative estimate of drug-likeness (QED) is 0.250. The second-order valence-electron chi connectivity index (χ2n) is 7.04. The summed E-state index contributed by atoms with van der Waals surface area (Å²) in [7, 11) is 0. The number of hydrogen-bond acceptors (Lipinski definition) is 6. The molecule has 2 unspecified atom stereocenters. The Kier molecular flexibility index (Phi) is 6.00. The van der Waals surface area contributed by atoms with Crippen molar-refractivity contribution in [1.82, 2.24) is 0 Å². The maximum Gasteiger partial charge on any atom is 1.00 e. The minimum Gasteiger partial charge on any atom is -0.691 e. The Balaban J connectivity index is 0.00000182. The third-order valence-electron chi connectivity index (χ3n) is 6.02. The van der Waals surface area contributed by atoms with Crippen molar-refractivity contribution in [2.24, 2.45) is 11.3 Å². The molecule has 7 heteroatoms. The molecular formula is C18H19NaO5S. The second-order valence-corrected chi connectivity index (χ2v) is 7.48. The van der Waals surface area contributed by atoms with Crippen molar-refractivity contribution in [1.29, 1.82) is 0 Å². The maximum atomic E-state index is 12.3. The number of Topliss-reactive ketones (excluding diaryl/α,β-unsaturated/α-hetero) is 1. The summed E-state index contributed by atoms with van der Waals surface area (Å²) in [4.78, 5) is 12.3. The van der Waals surface area contributed by atoms with E-state index in [0.29, 0.717) is 29.8 Å². The van der Waals surface area contributed by atoms with E-state index in [9.17, 15) is 10.1 Å². The van der Waals surface area contributed by atoms with Crippen molar-refractivity contribution >= 4 is 23.7 Å². The number of benzene rings is 1. The average Bonchev–Trinajstić information content (AvgIpc) is 2.90. The zero-order valence-electron chi connectivity index (χ0n) is 14.5. The Bertz CT molecular complexity index is 719. The van der Waals surface area contributed by atoms with Gasteiger partial charge in [0.15, 0.2) is 0 Å². The van der Waals surface area contributed by atoms with E-state index in [1.165, 1.54) is 22.3 Å². The van der Waals surface area contributed by atoms with Gasteiger partial charge < -0.3 is 9.44 Å². The number of carbonyl (C=O) groups is 1. The van der Waals surface area contributed by atoms with Crippen LogP contribution in [0.3, 0.4) is 0 Å². The van der Waals surface area contributed by atoms with Crippen molar-refractivity contribution in [3.05, 3.63) is 34.9 Å². The molecule has 0 bridgehead atoms. The SMILES string of the molecule is CC12CCC3=C(CCc4cc(OSOO[O-])ccc43)C1CCC2=O.[Na+]. The average molecular weight is 370 g/mol. The fourth-order valence-electron chi connectivity index (χ4n) is 4.79. The molecule has 0 N–H and O–H groups in total. The Labute approximate surface area is 173 Å². The van der Waals surface area contributed by atoms with Gasteiger partial charge in [-0.15, -0.1) is 4.33 Å². The Morgan fingerprint density at radius 1 is 1.24 bits per heavy atom. The summed E-state index contributed by atoms with van der Waals surface area (Å²) in [6.07, 6.45) is 5.65. The van der Waals surface area contributed by atoms with Crippen molar-refractivity contribution in [2.45, 2.75) is 45.4 Å². The smallest absolute Gasteiger partial charge is 0.691 e. The maximum absolute atomic E-state index is 12.3. The fraction of sp³-hybridized carbons (Fsp3) is 0.500. The van der Waals surface area contributed by atoms with E-state index < -0.39 is 0 Å². The van der Waals surface area contributed by atoms with Crippen molar-refractivity contribution in [3.8, 4) is 5.75 Å². The molecule has 4 rings (SSSR count). The fourth-order valence-corrected chi connectivity index (χ4v) is 5.02. The molecule has 0 amide bonds. The van der Waals surface area contributed by atoms with E-state index in [1.54, 1.807) is 0 Å². The van der Waals surface area contributed by atoms with Crippen LogP contribution < -0.4 is 39.0 Å². The van der Waals surface area contributed by atoms with Gasteiger partial charge in [-0.25, -0.2) is 0 Å². The van der Waals surface area contributed by atoms with Gasteiger partial charge in [-0.3, -0.25) is 9.83 Å². The van der Waals surface area contributed by atoms with E-state index in [1.807, 2.05) is 12.1 Å². The van der Waals surface area contributed by atoms with Crippen molar-refractivity contribution < 1.29 is 53.2 Å². The van der Waals surface area contributed by atoms with E-state index >= 15 is 0 Å². The number of rotatable bonds is 4. The summed E-state index contributed by atoms with van der Waals surface area (Å²) in [6.45, 7) is 2.17. The van der Waals surface area contributed by atoms with Gasteiger partial charge in [-0.1, -0.05) is 18.6 Å². The molecule has 25 heavy (non-hydrogen) atoms. The molecular weight excluding hydrogens is 351 g/mol. The van der Waals surface area contributed by atoms with E-state index in [0.717, 1.165) is 38.5 Å². The van der Waals surface area contributed by atoms with Gasteiger partial charge in [-0.05, 0) is 66.9 Å². The summed E-state index contributed by atoms with van der Waals surface area (Å²) in [6, 6.07) is 5.95. The standard InChI is InChI=1S/C18H20O5S.Na/c1-18-9-8-14-13-5-3-12(21-24-23-22-20)10-11(13)2-4-15(14)16(18)6-7-17(18)19;/h3,5,10,16,20H,2,4,6-9H2,1H3;/q;+1/p-1. The Morgan fingerprint density at radius 3 is 2.88 bits per heavy atom. The minimum atomic E-state index is -0.133. The summed E-state index contributed by atoms with van der Waals surface area (Å²) < 4.78 is 9.39. The zero-order valence-corrected chi connectivity index (χ0v) is 17.3. The van der Waals surface area contributed by atoms with Gasteiger partial charge in [0, 0.05) is 11.8 Å². The monoisotopic (exact) mass is 370 g/mol. The molecule has 128 valence electrons. The van der Waals surface area contributed by atoms with Crippen LogP contribution in [0.1, 0.15) is 50.2 Å². The van der Waals surface area contributed by atoms with Crippen LogP contribution in [0.4, 0.5) is 0 Å². The van der Waals surface area contributed by atoms with Crippen LogP contribution >= 0.6 is 12.3 Å². The van der Waals surface area contributed by atoms with Gasteiger partial charge in [0.1, 0.15) is 11.5 Å². The largest absolute Gasteiger partial charge is 1.00 e. The van der Waals surface area contributed by atoms with E-state index in [4.69, 9.17) is 4.18 Å². The molecule has 1 aromatic carbocycles. The first kappa shape index (κ1) is 19.4. The molecule has 0 aromatic heterocycles. The number of aryl methyl sites for hydroxylation is 1. The van der Waals surface area contributed by atoms with Crippen LogP contribution in [0.2, 0.25) is 0 Å². The second kappa shape index (κ2) is 7.72. The molecule has 0 heterocycles. The van der Waals surface area contributed by atoms with Crippen LogP contribution in [0.25, 0.3) is 5.57 Å². The molecule has 2 atom stereocenters. The summed E-state index contributed by atoms with van der Waals surface area (Å²) in [5.41, 5.74) is 5.35. The van der Waals surface area contributed by atoms with Gasteiger partial charge in [0.2, 0.25) is 0 Å². The Morgan fingerprint density at radius 2 is 2.08 bits per heavy atom. The molecule has 0 saturated heterocycles. The van der Waals surface area contributed by atoms with Crippen LogP contribution in [-0.4, -0.2) is 5.78 Å². The molecule has 5 nitrogen and oxygen atoms in total. The summed E-state index contributed by atoms with van der Waals surface area (Å²) in [5.74, 6) is 1.51. The number of carbonyl (C=O) groups excluding carboxylic acids is 1. The normalized spacial score (nSPS) is 27.3. The predicted octanol–water partition coefficient (Wildman–Crippen LogP) is 0.335. The van der Waals surface area contributed by atoms with Gasteiger partial charge in [0.25, 0.3) is 12.3 Å². The van der Waals surface area contributed by atoms with Gasteiger partial charge >= 0.3 is 29.6 Å². The molecule has 1 fully saturated rings. The molecule has 1 saturated carbocycles. The number of allylic oxidation sites excluding steroid dienone is 2. The van der Waals surface area contributed by atoms with Gasteiger partial charge in [0.05, 0.1) is 0 Å². The zero-order chi connectivity index (χ0) is 16.7. The first-order valence-corrected chi connectivity index (χ1v) is 8.98. The molecule has 1 aromatic rings. The van der Waals surface area contributed by atoms with Crippen LogP contribution in [0, 0.1) is 11.3 Å². The third-order valence-corrected chi connectivity index (χ3v) is 6.39. The third kappa shape index (κ3) is 3.34. The van der Waals surface area contributed by atoms with Crippen molar-refractivity contribution in [2.75, 3.05) is 0 Å². The molecule has 0 radical (unpaired) electrons. The number of hydrogen-bond donors (Lipinski definition) is 0. The minimum absolute atomic E-state index is 0. The van der Waals surface area contributed by atoms with E-state index in [2.05, 4.69) is 22.4 Å². The first-order valence-electron chi connectivity index (χ1n) is 8.32. The number of fused-ring (bicyclic) bond motifs is 4. The first-order chi connectivity index (χ1) is 11.6. The molecule has 3 aliphatic rings. The topological polar surface area (TPSA) is 67.8 Å². The molecule has 0 aliphatic heterocycles. The van der Waals surface area contributed by atoms with Crippen LogP contribution in [0.5, 0.6) is 5.75 Å². The van der Waals surface area contributed by atoms with Crippen LogP contribution in [0.15, 0.2) is 23.8 Å². The summed E-state index contributed by atoms with van der Waals surface area (Å²) >= 11 is 0.508. The molecule has 0 spiro atoms. The predicted molar refractivity (Wildman–Crippen MR) is 87.1 cm³/mol. The van der Waals surface area contributed by atoms with E-state index in [-0.39, 0.29) is 35.0 Å². The Hall–Kier alpha value is -0.340. The van der Waals surface area contributed by atoms with Gasteiger partial charge in [-0.2, -0.15) is 0 Å². The molecule has 3 aliphatic carbocycles.